The Hall–Kier alpha value is -3.50. The maximum absolute atomic E-state index is 13.5. The summed E-state index contributed by atoms with van der Waals surface area (Å²) in [6, 6.07) is 10.6. The number of nitrogens with one attached hydrogen (secondary N) is 1. The minimum absolute atomic E-state index is 0.156. The second kappa shape index (κ2) is 8.80. The highest BCUT2D eigenvalue weighted by molar-refractivity contribution is 7.25. The number of carbonyl (C=O) groups excluding carboxylic acids is 1. The molecule has 1 aliphatic rings. The topological polar surface area (TPSA) is 104 Å². The minimum Gasteiger partial charge on any atom is -0.495 e. The van der Waals surface area contributed by atoms with E-state index in [4.69, 9.17) is 9.47 Å². The molecule has 1 aliphatic heterocycles. The number of rotatable bonds is 6. The molecule has 0 radical (unpaired) electrons. The van der Waals surface area contributed by atoms with Crippen LogP contribution in [0.15, 0.2) is 52.2 Å². The van der Waals surface area contributed by atoms with E-state index in [1.807, 2.05) is 0 Å². The van der Waals surface area contributed by atoms with E-state index in [0.717, 1.165) is 12.8 Å². The molecule has 0 aliphatic carbocycles. The zero-order chi connectivity index (χ0) is 22.9. The van der Waals surface area contributed by atoms with Crippen LogP contribution in [0.1, 0.15) is 12.8 Å². The van der Waals surface area contributed by atoms with Gasteiger partial charge in [-0.1, -0.05) is 12.1 Å². The van der Waals surface area contributed by atoms with Gasteiger partial charge in [0.15, 0.2) is 0 Å². The number of methoxy groups -OCH3 is 1. The van der Waals surface area contributed by atoms with E-state index < -0.39 is 11.6 Å². The van der Waals surface area contributed by atoms with Crippen LogP contribution in [-0.2, 0) is 22.6 Å². The van der Waals surface area contributed by atoms with Gasteiger partial charge in [-0.25, -0.2) is 9.78 Å². The molecule has 0 saturated carbocycles. The molecule has 1 amide bonds. The molecule has 33 heavy (non-hydrogen) atoms. The first kappa shape index (κ1) is 21.4. The molecule has 1 fully saturated rings. The van der Waals surface area contributed by atoms with Gasteiger partial charge < -0.3 is 14.8 Å². The molecule has 1 N–H and O–H groups in total. The number of amides is 1. The summed E-state index contributed by atoms with van der Waals surface area (Å²) >= 11 is 1.22. The number of ether oxygens (including phenoxy) is 2. The van der Waals surface area contributed by atoms with Crippen LogP contribution in [0.25, 0.3) is 20.4 Å². The Balaban J connectivity index is 1.62. The number of anilines is 1. The van der Waals surface area contributed by atoms with Crippen LogP contribution < -0.4 is 21.3 Å². The van der Waals surface area contributed by atoms with Gasteiger partial charge in [0, 0.05) is 18.2 Å². The first-order valence-electron chi connectivity index (χ1n) is 10.6. The van der Waals surface area contributed by atoms with Crippen molar-refractivity contribution in [3.63, 3.8) is 0 Å². The van der Waals surface area contributed by atoms with Crippen LogP contribution in [0.3, 0.4) is 0 Å². The van der Waals surface area contributed by atoms with Gasteiger partial charge in [0.1, 0.15) is 21.8 Å². The van der Waals surface area contributed by atoms with Crippen molar-refractivity contribution in [3.05, 3.63) is 63.4 Å². The van der Waals surface area contributed by atoms with Gasteiger partial charge >= 0.3 is 5.69 Å². The fourth-order valence-electron chi connectivity index (χ4n) is 4.16. The minimum atomic E-state index is -0.540. The summed E-state index contributed by atoms with van der Waals surface area (Å²) in [4.78, 5) is 44.7. The summed E-state index contributed by atoms with van der Waals surface area (Å²) in [6.07, 6.45) is 3.12. The Morgan fingerprint density at radius 2 is 2.09 bits per heavy atom. The average Bonchev–Trinajstić information content (AvgIpc) is 3.48. The Labute approximate surface area is 192 Å². The molecule has 0 spiro atoms. The molecule has 0 unspecified atom stereocenters. The van der Waals surface area contributed by atoms with Gasteiger partial charge in [0.25, 0.3) is 5.56 Å². The zero-order valence-electron chi connectivity index (χ0n) is 17.9. The molecule has 4 aromatic rings. The van der Waals surface area contributed by atoms with E-state index in [9.17, 15) is 14.4 Å². The Kier molecular flexibility index (Phi) is 5.69. The van der Waals surface area contributed by atoms with Gasteiger partial charge in [0.05, 0.1) is 31.0 Å². The van der Waals surface area contributed by atoms with Crippen molar-refractivity contribution in [2.24, 2.45) is 0 Å². The van der Waals surface area contributed by atoms with E-state index in [1.54, 1.807) is 42.6 Å². The Bertz CT molecular complexity index is 1470. The van der Waals surface area contributed by atoms with Gasteiger partial charge in [-0.15, -0.1) is 11.3 Å². The number of hydrogen-bond donors (Lipinski definition) is 1. The zero-order valence-corrected chi connectivity index (χ0v) is 18.8. The summed E-state index contributed by atoms with van der Waals surface area (Å²) in [5.41, 5.74) is 0.00676. The molecule has 10 heteroatoms. The van der Waals surface area contributed by atoms with Crippen LogP contribution in [0.2, 0.25) is 0 Å². The number of aromatic nitrogens is 3. The van der Waals surface area contributed by atoms with Gasteiger partial charge in [-0.05, 0) is 37.1 Å². The van der Waals surface area contributed by atoms with E-state index >= 15 is 0 Å². The lowest BCUT2D eigenvalue weighted by Crippen LogP contribution is -2.43. The lowest BCUT2D eigenvalue weighted by molar-refractivity contribution is -0.116. The summed E-state index contributed by atoms with van der Waals surface area (Å²) in [7, 11) is 1.52. The third-order valence-electron chi connectivity index (χ3n) is 5.70. The summed E-state index contributed by atoms with van der Waals surface area (Å²) in [5.74, 6) is 0.102. The number of benzene rings is 1. The Morgan fingerprint density at radius 3 is 2.88 bits per heavy atom. The van der Waals surface area contributed by atoms with Crippen molar-refractivity contribution >= 4 is 43.4 Å². The maximum Gasteiger partial charge on any atom is 0.332 e. The van der Waals surface area contributed by atoms with Crippen molar-refractivity contribution in [2.75, 3.05) is 19.0 Å². The van der Waals surface area contributed by atoms with Crippen molar-refractivity contribution in [1.29, 1.82) is 0 Å². The number of fused-ring (bicyclic) bond motifs is 3. The van der Waals surface area contributed by atoms with Crippen molar-refractivity contribution in [1.82, 2.24) is 14.1 Å². The highest BCUT2D eigenvalue weighted by Crippen LogP contribution is 2.29. The highest BCUT2D eigenvalue weighted by atomic mass is 32.1. The van der Waals surface area contributed by atoms with E-state index in [-0.39, 0.29) is 24.8 Å². The van der Waals surface area contributed by atoms with Crippen LogP contribution in [0, 0.1) is 0 Å². The second-order valence-corrected chi connectivity index (χ2v) is 8.80. The molecule has 9 nitrogen and oxygen atoms in total. The fraction of sp³-hybridized carbons (Fsp3) is 0.304. The molecule has 5 rings (SSSR count). The normalized spacial score (nSPS) is 15.8. The predicted octanol–water partition coefficient (Wildman–Crippen LogP) is 2.60. The fourth-order valence-corrected chi connectivity index (χ4v) is 5.26. The van der Waals surface area contributed by atoms with Crippen LogP contribution >= 0.6 is 11.3 Å². The third-order valence-corrected chi connectivity index (χ3v) is 6.79. The molecule has 170 valence electrons. The summed E-state index contributed by atoms with van der Waals surface area (Å²) < 4.78 is 13.9. The first-order chi connectivity index (χ1) is 16.1. The Morgan fingerprint density at radius 1 is 1.24 bits per heavy atom. The quantitative estimate of drug-likeness (QED) is 0.468. The van der Waals surface area contributed by atoms with Gasteiger partial charge in [-0.2, -0.15) is 0 Å². The van der Waals surface area contributed by atoms with Crippen LogP contribution in [0.4, 0.5) is 5.69 Å². The predicted molar refractivity (Wildman–Crippen MR) is 126 cm³/mol. The average molecular weight is 467 g/mol. The molecule has 4 heterocycles. The molecule has 0 bridgehead atoms. The molecular formula is C23H22N4O5S. The smallest absolute Gasteiger partial charge is 0.332 e. The number of carbonyl (C=O) groups is 1. The largest absolute Gasteiger partial charge is 0.495 e. The van der Waals surface area contributed by atoms with Gasteiger partial charge in [-0.3, -0.25) is 18.7 Å². The monoisotopic (exact) mass is 466 g/mol. The SMILES string of the molecule is COc1ccccc1NC(=O)Cn1c(=O)n(C[C@H]2CCCO2)c(=O)c2sc3ncccc3c21. The third kappa shape index (κ3) is 3.91. The maximum atomic E-state index is 13.5. The lowest BCUT2D eigenvalue weighted by Gasteiger charge is -2.15. The number of thiophene rings is 1. The van der Waals surface area contributed by atoms with Crippen molar-refractivity contribution in [3.8, 4) is 5.75 Å². The molecule has 1 aromatic carbocycles. The van der Waals surface area contributed by atoms with E-state index in [2.05, 4.69) is 10.3 Å². The summed E-state index contributed by atoms with van der Waals surface area (Å²) in [6.45, 7) is 0.507. The van der Waals surface area contributed by atoms with E-state index in [0.29, 0.717) is 38.5 Å². The molecule has 1 saturated heterocycles. The molecule has 1 atom stereocenters. The van der Waals surface area contributed by atoms with Crippen molar-refractivity contribution in [2.45, 2.75) is 32.0 Å². The van der Waals surface area contributed by atoms with Crippen LogP contribution in [0.5, 0.6) is 5.75 Å². The standard InChI is InChI=1S/C23H22N4O5S/c1-31-17-9-3-2-8-16(17)25-18(28)13-26-19-15-7-4-10-24-21(15)33-20(19)22(29)27(23(26)30)12-14-6-5-11-32-14/h2-4,7-10,14H,5-6,11-13H2,1H3,(H,25,28)/t14-/m1/s1. The lowest BCUT2D eigenvalue weighted by atomic mass is 10.2. The number of nitrogens with zero attached hydrogens (tertiary/aromatic N) is 3. The first-order valence-corrected chi connectivity index (χ1v) is 11.4. The number of para-hydroxylation sites is 2. The molecule has 3 aromatic heterocycles. The van der Waals surface area contributed by atoms with Crippen LogP contribution in [-0.4, -0.2) is 39.8 Å². The van der Waals surface area contributed by atoms with E-state index in [1.165, 1.54) is 27.6 Å². The number of pyridine rings is 1. The highest BCUT2D eigenvalue weighted by Gasteiger charge is 2.24. The second-order valence-electron chi connectivity index (χ2n) is 7.80. The van der Waals surface area contributed by atoms with Crippen molar-refractivity contribution < 1.29 is 14.3 Å². The number of hydrogen-bond acceptors (Lipinski definition) is 7. The summed E-state index contributed by atoms with van der Waals surface area (Å²) in [5, 5.41) is 3.47. The van der Waals surface area contributed by atoms with Gasteiger partial charge in [0.2, 0.25) is 5.91 Å². The molecular weight excluding hydrogens is 444 g/mol.